The normalized spacial score (nSPS) is 12.7. The summed E-state index contributed by atoms with van der Waals surface area (Å²) < 4.78 is 6.36. The predicted molar refractivity (Wildman–Crippen MR) is 98.5 cm³/mol. The highest BCUT2D eigenvalue weighted by molar-refractivity contribution is 9.10. The molecule has 0 aromatic heterocycles. The molecule has 1 aromatic carbocycles. The molecule has 1 atom stereocenters. The molecule has 1 amide bonds. The number of carbonyl (C=O) groups excluding carboxylic acids is 1. The van der Waals surface area contributed by atoms with Crippen molar-refractivity contribution >= 4 is 22.0 Å². The Balaban J connectivity index is 2.47. The fraction of sp³-hybridized carbons (Fsp3) is 0.611. The van der Waals surface area contributed by atoms with E-state index in [0.717, 1.165) is 30.3 Å². The van der Waals surface area contributed by atoms with Gasteiger partial charge in [-0.3, -0.25) is 0 Å². The largest absolute Gasteiger partial charge is 0.444 e. The number of benzene rings is 1. The molecule has 1 rings (SSSR count). The molecule has 0 saturated heterocycles. The van der Waals surface area contributed by atoms with Gasteiger partial charge in [-0.1, -0.05) is 47.8 Å². The van der Waals surface area contributed by atoms with Crippen LogP contribution >= 0.6 is 15.9 Å². The maximum Gasteiger partial charge on any atom is 0.407 e. The van der Waals surface area contributed by atoms with Gasteiger partial charge in [0.05, 0.1) is 0 Å². The van der Waals surface area contributed by atoms with Crippen LogP contribution in [0.1, 0.15) is 52.5 Å². The van der Waals surface area contributed by atoms with E-state index >= 15 is 0 Å². The summed E-state index contributed by atoms with van der Waals surface area (Å²) in [6.07, 6.45) is 2.94. The molecule has 2 N–H and O–H groups in total. The fourth-order valence-corrected chi connectivity index (χ4v) is 2.60. The molecule has 0 heterocycles. The highest BCUT2D eigenvalue weighted by atomic mass is 79.9. The van der Waals surface area contributed by atoms with E-state index in [-0.39, 0.29) is 12.1 Å². The van der Waals surface area contributed by atoms with Crippen LogP contribution in [0, 0.1) is 0 Å². The zero-order valence-electron chi connectivity index (χ0n) is 14.6. The zero-order chi connectivity index (χ0) is 17.3. The van der Waals surface area contributed by atoms with E-state index < -0.39 is 5.60 Å². The lowest BCUT2D eigenvalue weighted by Gasteiger charge is -2.23. The number of rotatable bonds is 8. The molecule has 0 aliphatic heterocycles. The predicted octanol–water partition coefficient (Wildman–Crippen LogP) is 4.62. The Labute approximate surface area is 148 Å². The van der Waals surface area contributed by atoms with Gasteiger partial charge in [0.2, 0.25) is 0 Å². The second kappa shape index (κ2) is 9.93. The standard InChI is InChI=1S/C18H29BrN2O2/c1-5-6-10-16(13-21-17(22)23-18(2,3)4)20-12-14-8-7-9-15(19)11-14/h7-9,11,16,20H,5-6,10,12-13H2,1-4H3,(H,21,22). The first kappa shape index (κ1) is 20.0. The van der Waals surface area contributed by atoms with Gasteiger partial charge in [0.25, 0.3) is 0 Å². The van der Waals surface area contributed by atoms with Gasteiger partial charge in [0.1, 0.15) is 5.60 Å². The minimum atomic E-state index is -0.466. The number of carbonyl (C=O) groups is 1. The molecular formula is C18H29BrN2O2. The van der Waals surface area contributed by atoms with E-state index in [1.54, 1.807) is 0 Å². The van der Waals surface area contributed by atoms with Crippen molar-refractivity contribution in [3.05, 3.63) is 34.3 Å². The first-order valence-corrected chi connectivity index (χ1v) is 9.04. The highest BCUT2D eigenvalue weighted by Gasteiger charge is 2.17. The topological polar surface area (TPSA) is 50.4 Å². The van der Waals surface area contributed by atoms with E-state index in [4.69, 9.17) is 4.74 Å². The summed E-state index contributed by atoms with van der Waals surface area (Å²) in [6, 6.07) is 8.48. The van der Waals surface area contributed by atoms with Crippen molar-refractivity contribution in [3.8, 4) is 0 Å². The molecular weight excluding hydrogens is 356 g/mol. The van der Waals surface area contributed by atoms with Crippen LogP contribution in [-0.4, -0.2) is 24.3 Å². The molecule has 4 nitrogen and oxygen atoms in total. The lowest BCUT2D eigenvalue weighted by Crippen LogP contribution is -2.42. The summed E-state index contributed by atoms with van der Waals surface area (Å²) >= 11 is 3.49. The molecule has 23 heavy (non-hydrogen) atoms. The fourth-order valence-electron chi connectivity index (χ4n) is 2.16. The van der Waals surface area contributed by atoms with Gasteiger partial charge in [0.15, 0.2) is 0 Å². The molecule has 130 valence electrons. The van der Waals surface area contributed by atoms with Crippen LogP contribution in [0.2, 0.25) is 0 Å². The van der Waals surface area contributed by atoms with Crippen LogP contribution in [0.3, 0.4) is 0 Å². The van der Waals surface area contributed by atoms with Crippen molar-refractivity contribution < 1.29 is 9.53 Å². The molecule has 0 saturated carbocycles. The number of nitrogens with one attached hydrogen (secondary N) is 2. The summed E-state index contributed by atoms with van der Waals surface area (Å²) in [4.78, 5) is 11.8. The molecule has 0 aliphatic carbocycles. The average molecular weight is 385 g/mol. The second-order valence-corrected chi connectivity index (χ2v) is 7.65. The maximum absolute atomic E-state index is 11.8. The molecule has 0 aliphatic rings. The van der Waals surface area contributed by atoms with Gasteiger partial charge in [-0.05, 0) is 44.9 Å². The quantitative estimate of drug-likeness (QED) is 0.687. The Kier molecular flexibility index (Phi) is 8.63. The molecule has 0 radical (unpaired) electrons. The van der Waals surface area contributed by atoms with Crippen LogP contribution in [0.25, 0.3) is 0 Å². The minimum Gasteiger partial charge on any atom is -0.444 e. The van der Waals surface area contributed by atoms with Crippen molar-refractivity contribution in [2.24, 2.45) is 0 Å². The van der Waals surface area contributed by atoms with Crippen LogP contribution in [0.5, 0.6) is 0 Å². The van der Waals surface area contributed by atoms with E-state index in [1.807, 2.05) is 32.9 Å². The van der Waals surface area contributed by atoms with Crippen molar-refractivity contribution in [2.45, 2.75) is 65.1 Å². The Hall–Kier alpha value is -1.07. The second-order valence-electron chi connectivity index (χ2n) is 6.73. The van der Waals surface area contributed by atoms with E-state index in [0.29, 0.717) is 6.54 Å². The Morgan fingerprint density at radius 2 is 2.09 bits per heavy atom. The molecule has 0 spiro atoms. The molecule has 1 unspecified atom stereocenters. The van der Waals surface area contributed by atoms with Crippen LogP contribution < -0.4 is 10.6 Å². The van der Waals surface area contributed by atoms with Gasteiger partial charge in [0, 0.05) is 23.6 Å². The Morgan fingerprint density at radius 3 is 2.70 bits per heavy atom. The summed E-state index contributed by atoms with van der Waals surface area (Å²) in [7, 11) is 0. The first-order valence-electron chi connectivity index (χ1n) is 8.25. The molecule has 0 fully saturated rings. The summed E-state index contributed by atoms with van der Waals surface area (Å²) in [5.74, 6) is 0. The monoisotopic (exact) mass is 384 g/mol. The number of hydrogen-bond acceptors (Lipinski definition) is 3. The van der Waals surface area contributed by atoms with E-state index in [1.165, 1.54) is 5.56 Å². The molecule has 0 bridgehead atoms. The van der Waals surface area contributed by atoms with Gasteiger partial charge < -0.3 is 15.4 Å². The number of alkyl carbamates (subject to hydrolysis) is 1. The summed E-state index contributed by atoms with van der Waals surface area (Å²) in [5.41, 5.74) is 0.755. The number of hydrogen-bond donors (Lipinski definition) is 2. The van der Waals surface area contributed by atoms with Gasteiger partial charge in [-0.15, -0.1) is 0 Å². The summed E-state index contributed by atoms with van der Waals surface area (Å²) in [5, 5.41) is 6.39. The van der Waals surface area contributed by atoms with E-state index in [9.17, 15) is 4.79 Å². The third kappa shape index (κ3) is 9.61. The Morgan fingerprint density at radius 1 is 1.35 bits per heavy atom. The van der Waals surface area contributed by atoms with Crippen molar-refractivity contribution in [3.63, 3.8) is 0 Å². The Bertz CT molecular complexity index is 486. The average Bonchev–Trinajstić information content (AvgIpc) is 2.44. The molecule has 1 aromatic rings. The third-order valence-corrected chi connectivity index (χ3v) is 3.77. The van der Waals surface area contributed by atoms with Crippen molar-refractivity contribution in [2.75, 3.05) is 6.54 Å². The number of unbranched alkanes of at least 4 members (excludes halogenated alkanes) is 1. The lowest BCUT2D eigenvalue weighted by molar-refractivity contribution is 0.0521. The minimum absolute atomic E-state index is 0.237. The maximum atomic E-state index is 11.8. The first-order chi connectivity index (χ1) is 10.8. The van der Waals surface area contributed by atoms with Crippen LogP contribution in [0.4, 0.5) is 4.79 Å². The van der Waals surface area contributed by atoms with Gasteiger partial charge >= 0.3 is 6.09 Å². The summed E-state index contributed by atoms with van der Waals surface area (Å²) in [6.45, 7) is 9.13. The van der Waals surface area contributed by atoms with E-state index in [2.05, 4.69) is 45.6 Å². The van der Waals surface area contributed by atoms with Gasteiger partial charge in [-0.2, -0.15) is 0 Å². The zero-order valence-corrected chi connectivity index (χ0v) is 16.2. The van der Waals surface area contributed by atoms with Crippen LogP contribution in [0.15, 0.2) is 28.7 Å². The van der Waals surface area contributed by atoms with Crippen molar-refractivity contribution in [1.82, 2.24) is 10.6 Å². The van der Waals surface area contributed by atoms with Crippen LogP contribution in [-0.2, 0) is 11.3 Å². The number of halogens is 1. The highest BCUT2D eigenvalue weighted by Crippen LogP contribution is 2.12. The third-order valence-electron chi connectivity index (χ3n) is 3.28. The smallest absolute Gasteiger partial charge is 0.407 e. The number of ether oxygens (including phenoxy) is 1. The number of amides is 1. The SMILES string of the molecule is CCCCC(CNC(=O)OC(C)(C)C)NCc1cccc(Br)c1. The lowest BCUT2D eigenvalue weighted by atomic mass is 10.1. The van der Waals surface area contributed by atoms with Crippen molar-refractivity contribution in [1.29, 1.82) is 0 Å². The van der Waals surface area contributed by atoms with Gasteiger partial charge in [-0.25, -0.2) is 4.79 Å². The molecule has 5 heteroatoms.